The Labute approximate surface area is 134 Å². The van der Waals surface area contributed by atoms with Crippen LogP contribution in [-0.2, 0) is 6.42 Å². The number of rotatable bonds is 5. The van der Waals surface area contributed by atoms with Crippen molar-refractivity contribution in [3.63, 3.8) is 0 Å². The number of anilines is 1. The van der Waals surface area contributed by atoms with Gasteiger partial charge in [0, 0.05) is 36.9 Å². The molecule has 0 bridgehead atoms. The molecule has 0 aliphatic heterocycles. The molecule has 0 saturated carbocycles. The van der Waals surface area contributed by atoms with Crippen LogP contribution in [0.3, 0.4) is 0 Å². The highest BCUT2D eigenvalue weighted by Crippen LogP contribution is 2.29. The van der Waals surface area contributed by atoms with Crippen LogP contribution >= 0.6 is 11.6 Å². The van der Waals surface area contributed by atoms with E-state index in [2.05, 4.69) is 20.3 Å². The maximum atomic E-state index is 6.26. The SMILES string of the molecule is Clc1ccccc1-c1nccnc1NCCc1ccncc1. The molecule has 3 aromatic rings. The summed E-state index contributed by atoms with van der Waals surface area (Å²) in [4.78, 5) is 12.8. The van der Waals surface area contributed by atoms with Gasteiger partial charge in [0.05, 0.1) is 5.02 Å². The van der Waals surface area contributed by atoms with Crippen molar-refractivity contribution in [2.24, 2.45) is 0 Å². The molecule has 0 spiro atoms. The summed E-state index contributed by atoms with van der Waals surface area (Å²) in [6, 6.07) is 11.7. The molecule has 3 rings (SSSR count). The molecular weight excluding hydrogens is 296 g/mol. The highest BCUT2D eigenvalue weighted by molar-refractivity contribution is 6.33. The predicted molar refractivity (Wildman–Crippen MR) is 88.9 cm³/mol. The standard InChI is InChI=1S/C17H15ClN4/c18-15-4-2-1-3-14(15)16-17(22-12-11-20-16)21-10-7-13-5-8-19-9-6-13/h1-6,8-9,11-12H,7,10H2,(H,21,22). The molecule has 0 fully saturated rings. The molecule has 1 N–H and O–H groups in total. The summed E-state index contributed by atoms with van der Waals surface area (Å²) < 4.78 is 0. The fourth-order valence-electron chi connectivity index (χ4n) is 2.19. The third-order valence-corrected chi connectivity index (χ3v) is 3.61. The molecule has 0 amide bonds. The highest BCUT2D eigenvalue weighted by atomic mass is 35.5. The maximum absolute atomic E-state index is 6.26. The fourth-order valence-corrected chi connectivity index (χ4v) is 2.42. The second kappa shape index (κ2) is 7.00. The largest absolute Gasteiger partial charge is 0.368 e. The van der Waals surface area contributed by atoms with Crippen molar-refractivity contribution >= 4 is 17.4 Å². The van der Waals surface area contributed by atoms with Gasteiger partial charge >= 0.3 is 0 Å². The third-order valence-electron chi connectivity index (χ3n) is 3.28. The summed E-state index contributed by atoms with van der Waals surface area (Å²) in [7, 11) is 0. The number of benzene rings is 1. The molecule has 2 aromatic heterocycles. The van der Waals surface area contributed by atoms with Crippen LogP contribution in [0.2, 0.25) is 5.02 Å². The Bertz CT molecular complexity index is 746. The highest BCUT2D eigenvalue weighted by Gasteiger charge is 2.10. The quantitative estimate of drug-likeness (QED) is 0.777. The molecule has 0 radical (unpaired) electrons. The Morgan fingerprint density at radius 1 is 0.909 bits per heavy atom. The van der Waals surface area contributed by atoms with E-state index in [4.69, 9.17) is 11.6 Å². The number of halogens is 1. The molecule has 0 saturated heterocycles. The Balaban J connectivity index is 1.76. The van der Waals surface area contributed by atoms with Gasteiger partial charge in [-0.25, -0.2) is 4.98 Å². The van der Waals surface area contributed by atoms with Gasteiger partial charge in [0.1, 0.15) is 5.69 Å². The van der Waals surface area contributed by atoms with Crippen molar-refractivity contribution in [1.29, 1.82) is 0 Å². The molecule has 0 aliphatic rings. The van der Waals surface area contributed by atoms with Gasteiger partial charge in [0.2, 0.25) is 0 Å². The topological polar surface area (TPSA) is 50.7 Å². The lowest BCUT2D eigenvalue weighted by Gasteiger charge is -2.11. The summed E-state index contributed by atoms with van der Waals surface area (Å²) >= 11 is 6.26. The zero-order valence-electron chi connectivity index (χ0n) is 11.9. The van der Waals surface area contributed by atoms with E-state index in [1.807, 2.05) is 36.4 Å². The normalized spacial score (nSPS) is 10.4. The van der Waals surface area contributed by atoms with Crippen LogP contribution in [0, 0.1) is 0 Å². The zero-order chi connectivity index (χ0) is 15.2. The first kappa shape index (κ1) is 14.5. The minimum absolute atomic E-state index is 0.667. The van der Waals surface area contributed by atoms with Crippen molar-refractivity contribution in [2.75, 3.05) is 11.9 Å². The number of hydrogen-bond acceptors (Lipinski definition) is 4. The van der Waals surface area contributed by atoms with Crippen molar-refractivity contribution in [3.05, 3.63) is 71.8 Å². The summed E-state index contributed by atoms with van der Waals surface area (Å²) in [5, 5.41) is 4.00. The van der Waals surface area contributed by atoms with Gasteiger partial charge < -0.3 is 5.32 Å². The molecule has 110 valence electrons. The van der Waals surface area contributed by atoms with Crippen LogP contribution in [0.4, 0.5) is 5.82 Å². The van der Waals surface area contributed by atoms with E-state index in [1.54, 1.807) is 24.8 Å². The van der Waals surface area contributed by atoms with Crippen molar-refractivity contribution in [3.8, 4) is 11.3 Å². The zero-order valence-corrected chi connectivity index (χ0v) is 12.7. The number of hydrogen-bond donors (Lipinski definition) is 1. The van der Waals surface area contributed by atoms with Crippen LogP contribution < -0.4 is 5.32 Å². The first-order valence-electron chi connectivity index (χ1n) is 7.03. The van der Waals surface area contributed by atoms with Gasteiger partial charge in [-0.05, 0) is 30.2 Å². The third kappa shape index (κ3) is 3.40. The van der Waals surface area contributed by atoms with E-state index in [1.165, 1.54) is 5.56 Å². The molecular formula is C17H15ClN4. The van der Waals surface area contributed by atoms with Crippen LogP contribution in [0.1, 0.15) is 5.56 Å². The number of aromatic nitrogens is 3. The summed E-state index contributed by atoms with van der Waals surface area (Å²) in [5.74, 6) is 0.740. The fraction of sp³-hybridized carbons (Fsp3) is 0.118. The summed E-state index contributed by atoms with van der Waals surface area (Å²) in [6.45, 7) is 0.764. The lowest BCUT2D eigenvalue weighted by Crippen LogP contribution is -2.08. The van der Waals surface area contributed by atoms with E-state index < -0.39 is 0 Å². The monoisotopic (exact) mass is 310 g/mol. The minimum atomic E-state index is 0.667. The molecule has 4 nitrogen and oxygen atoms in total. The Hall–Kier alpha value is -2.46. The summed E-state index contributed by atoms with van der Waals surface area (Å²) in [6.07, 6.45) is 7.84. The molecule has 22 heavy (non-hydrogen) atoms. The van der Waals surface area contributed by atoms with E-state index >= 15 is 0 Å². The molecule has 0 atom stereocenters. The van der Waals surface area contributed by atoms with E-state index in [-0.39, 0.29) is 0 Å². The summed E-state index contributed by atoms with van der Waals surface area (Å²) in [5.41, 5.74) is 2.87. The van der Waals surface area contributed by atoms with E-state index in [9.17, 15) is 0 Å². The smallest absolute Gasteiger partial charge is 0.152 e. The second-order valence-electron chi connectivity index (χ2n) is 4.77. The van der Waals surface area contributed by atoms with Gasteiger partial charge in [-0.1, -0.05) is 29.8 Å². The van der Waals surface area contributed by atoms with Crippen LogP contribution in [-0.4, -0.2) is 21.5 Å². The Morgan fingerprint density at radius 2 is 1.68 bits per heavy atom. The number of nitrogens with one attached hydrogen (secondary N) is 1. The van der Waals surface area contributed by atoms with E-state index in [0.717, 1.165) is 30.0 Å². The van der Waals surface area contributed by atoms with Gasteiger partial charge in [0.25, 0.3) is 0 Å². The lowest BCUT2D eigenvalue weighted by atomic mass is 10.1. The first-order valence-corrected chi connectivity index (χ1v) is 7.41. The maximum Gasteiger partial charge on any atom is 0.152 e. The molecule has 0 unspecified atom stereocenters. The second-order valence-corrected chi connectivity index (χ2v) is 5.17. The van der Waals surface area contributed by atoms with Gasteiger partial charge in [-0.15, -0.1) is 0 Å². The number of pyridine rings is 1. The van der Waals surface area contributed by atoms with Crippen LogP contribution in [0.25, 0.3) is 11.3 Å². The average Bonchev–Trinajstić information content (AvgIpc) is 2.57. The van der Waals surface area contributed by atoms with Crippen LogP contribution in [0.5, 0.6) is 0 Å². The lowest BCUT2D eigenvalue weighted by molar-refractivity contribution is 0.995. The minimum Gasteiger partial charge on any atom is -0.368 e. The van der Waals surface area contributed by atoms with Crippen molar-refractivity contribution < 1.29 is 0 Å². The molecule has 0 aliphatic carbocycles. The van der Waals surface area contributed by atoms with Crippen molar-refractivity contribution in [1.82, 2.24) is 15.0 Å². The van der Waals surface area contributed by atoms with Gasteiger partial charge in [0.15, 0.2) is 5.82 Å². The predicted octanol–water partition coefficient (Wildman–Crippen LogP) is 3.85. The first-order chi connectivity index (χ1) is 10.8. The van der Waals surface area contributed by atoms with Crippen molar-refractivity contribution in [2.45, 2.75) is 6.42 Å². The van der Waals surface area contributed by atoms with E-state index in [0.29, 0.717) is 5.02 Å². The molecule has 1 aromatic carbocycles. The number of nitrogens with zero attached hydrogens (tertiary/aromatic N) is 3. The van der Waals surface area contributed by atoms with Gasteiger partial charge in [-0.3, -0.25) is 9.97 Å². The molecule has 5 heteroatoms. The van der Waals surface area contributed by atoms with Gasteiger partial charge in [-0.2, -0.15) is 0 Å². The van der Waals surface area contributed by atoms with Crippen LogP contribution in [0.15, 0.2) is 61.2 Å². The Morgan fingerprint density at radius 3 is 2.50 bits per heavy atom. The molecule has 2 heterocycles. The Kier molecular flexibility index (Phi) is 4.61. The average molecular weight is 311 g/mol.